The Hall–Kier alpha value is -1.45. The van der Waals surface area contributed by atoms with Crippen LogP contribution in [0.1, 0.15) is 18.5 Å². The molecule has 2 N–H and O–H groups in total. The molecule has 0 unspecified atom stereocenters. The first-order valence-corrected chi connectivity index (χ1v) is 6.65. The van der Waals surface area contributed by atoms with Gasteiger partial charge in [-0.25, -0.2) is 0 Å². The fraction of sp³-hybridized carbons (Fsp3) is 0.400. The first-order valence-electron chi connectivity index (χ1n) is 6.65. The Morgan fingerprint density at radius 1 is 1.22 bits per heavy atom. The van der Waals surface area contributed by atoms with Crippen molar-refractivity contribution in [3.05, 3.63) is 42.2 Å². The zero-order valence-corrected chi connectivity index (χ0v) is 10.5. The van der Waals surface area contributed by atoms with E-state index >= 15 is 0 Å². The molecule has 0 amide bonds. The first kappa shape index (κ1) is 11.6. The molecule has 0 aliphatic heterocycles. The Morgan fingerprint density at radius 2 is 2.06 bits per heavy atom. The molecule has 0 bridgehead atoms. The molecule has 3 rings (SSSR count). The summed E-state index contributed by atoms with van der Waals surface area (Å²) in [6, 6.07) is 11.3. The molecule has 18 heavy (non-hydrogen) atoms. The molecule has 1 aliphatic carbocycles. The van der Waals surface area contributed by atoms with E-state index in [1.165, 1.54) is 29.3 Å². The number of hydrogen-bond donors (Lipinski definition) is 1. The molecule has 94 valence electrons. The lowest BCUT2D eigenvalue weighted by Gasteiger charge is -2.21. The van der Waals surface area contributed by atoms with Gasteiger partial charge in [-0.2, -0.15) is 0 Å². The van der Waals surface area contributed by atoms with Crippen LogP contribution in [0.3, 0.4) is 0 Å². The minimum absolute atomic E-state index is 0.723. The highest BCUT2D eigenvalue weighted by Crippen LogP contribution is 2.28. The highest BCUT2D eigenvalue weighted by atomic mass is 15.2. The standard InChI is InChI=1S/C15H19N3/c16-8-10-18(13-5-6-13)11-15-14-4-2-1-3-12(14)7-9-17-15/h1-4,7,9,13H,5-6,8,10-11,16H2. The molecule has 1 heterocycles. The van der Waals surface area contributed by atoms with E-state index < -0.39 is 0 Å². The van der Waals surface area contributed by atoms with Gasteiger partial charge >= 0.3 is 0 Å². The lowest BCUT2D eigenvalue weighted by molar-refractivity contribution is 0.260. The molecule has 0 radical (unpaired) electrons. The second-order valence-electron chi connectivity index (χ2n) is 4.97. The average molecular weight is 241 g/mol. The number of pyridine rings is 1. The summed E-state index contributed by atoms with van der Waals surface area (Å²) in [6.07, 6.45) is 4.53. The van der Waals surface area contributed by atoms with Gasteiger partial charge in [-0.1, -0.05) is 24.3 Å². The zero-order valence-electron chi connectivity index (χ0n) is 10.5. The maximum atomic E-state index is 5.70. The Bertz CT molecular complexity index is 529. The van der Waals surface area contributed by atoms with Crippen LogP contribution in [0.15, 0.2) is 36.5 Å². The third kappa shape index (κ3) is 2.37. The van der Waals surface area contributed by atoms with Gasteiger partial charge in [0, 0.05) is 37.3 Å². The van der Waals surface area contributed by atoms with Crippen molar-refractivity contribution in [3.63, 3.8) is 0 Å². The van der Waals surface area contributed by atoms with Gasteiger partial charge in [0.2, 0.25) is 0 Å². The third-order valence-corrected chi connectivity index (χ3v) is 3.59. The maximum Gasteiger partial charge on any atom is 0.0622 e. The van der Waals surface area contributed by atoms with Crippen LogP contribution in [-0.4, -0.2) is 29.0 Å². The van der Waals surface area contributed by atoms with Gasteiger partial charge in [-0.3, -0.25) is 9.88 Å². The van der Waals surface area contributed by atoms with Crippen molar-refractivity contribution in [2.45, 2.75) is 25.4 Å². The van der Waals surface area contributed by atoms with Crippen LogP contribution >= 0.6 is 0 Å². The monoisotopic (exact) mass is 241 g/mol. The normalized spacial score (nSPS) is 15.4. The van der Waals surface area contributed by atoms with Crippen molar-refractivity contribution < 1.29 is 0 Å². The lowest BCUT2D eigenvalue weighted by Crippen LogP contribution is -2.31. The van der Waals surface area contributed by atoms with Crippen molar-refractivity contribution in [1.29, 1.82) is 0 Å². The molecule has 1 aromatic carbocycles. The highest BCUT2D eigenvalue weighted by molar-refractivity contribution is 5.84. The lowest BCUT2D eigenvalue weighted by atomic mass is 10.1. The summed E-state index contributed by atoms with van der Waals surface area (Å²) < 4.78 is 0. The first-order chi connectivity index (χ1) is 8.88. The van der Waals surface area contributed by atoms with Crippen molar-refractivity contribution in [2.75, 3.05) is 13.1 Å². The van der Waals surface area contributed by atoms with Gasteiger partial charge in [0.05, 0.1) is 5.69 Å². The molecule has 0 atom stereocenters. The van der Waals surface area contributed by atoms with Crippen LogP contribution in [0, 0.1) is 0 Å². The van der Waals surface area contributed by atoms with Crippen molar-refractivity contribution in [3.8, 4) is 0 Å². The molecule has 1 aliphatic rings. The van der Waals surface area contributed by atoms with Crippen molar-refractivity contribution >= 4 is 10.8 Å². The summed E-state index contributed by atoms with van der Waals surface area (Å²) in [7, 11) is 0. The van der Waals surface area contributed by atoms with Gasteiger partial charge in [-0.15, -0.1) is 0 Å². The van der Waals surface area contributed by atoms with E-state index in [-0.39, 0.29) is 0 Å². The van der Waals surface area contributed by atoms with Gasteiger partial charge < -0.3 is 5.73 Å². The predicted octanol–water partition coefficient (Wildman–Crippen LogP) is 2.16. The number of aromatic nitrogens is 1. The Balaban J connectivity index is 1.88. The van der Waals surface area contributed by atoms with E-state index in [2.05, 4.69) is 40.2 Å². The summed E-state index contributed by atoms with van der Waals surface area (Å²) in [6.45, 7) is 2.61. The number of nitrogens with two attached hydrogens (primary N) is 1. The predicted molar refractivity (Wildman–Crippen MR) is 74.2 cm³/mol. The zero-order chi connectivity index (χ0) is 12.4. The molecular formula is C15H19N3. The molecule has 3 heteroatoms. The van der Waals surface area contributed by atoms with Crippen molar-refractivity contribution in [1.82, 2.24) is 9.88 Å². The largest absolute Gasteiger partial charge is 0.329 e. The molecule has 1 fully saturated rings. The van der Waals surface area contributed by atoms with E-state index in [0.717, 1.165) is 25.7 Å². The summed E-state index contributed by atoms with van der Waals surface area (Å²) >= 11 is 0. The Morgan fingerprint density at radius 3 is 2.83 bits per heavy atom. The minimum Gasteiger partial charge on any atom is -0.329 e. The summed E-state index contributed by atoms with van der Waals surface area (Å²) in [5, 5.41) is 2.54. The van der Waals surface area contributed by atoms with Crippen LogP contribution in [0.4, 0.5) is 0 Å². The number of nitrogens with zero attached hydrogens (tertiary/aromatic N) is 2. The number of rotatable bonds is 5. The van der Waals surface area contributed by atoms with Crippen LogP contribution in [0.25, 0.3) is 10.8 Å². The van der Waals surface area contributed by atoms with Gasteiger partial charge in [0.1, 0.15) is 0 Å². The molecule has 1 aromatic heterocycles. The summed E-state index contributed by atoms with van der Waals surface area (Å²) in [5.74, 6) is 0. The van der Waals surface area contributed by atoms with Crippen molar-refractivity contribution in [2.24, 2.45) is 5.73 Å². The molecule has 0 saturated heterocycles. The Labute approximate surface area is 108 Å². The van der Waals surface area contributed by atoms with Crippen LogP contribution in [0.5, 0.6) is 0 Å². The molecule has 0 spiro atoms. The van der Waals surface area contributed by atoms with Gasteiger partial charge in [-0.05, 0) is 24.3 Å². The Kier molecular flexibility index (Phi) is 3.26. The second kappa shape index (κ2) is 5.04. The van der Waals surface area contributed by atoms with E-state index in [0.29, 0.717) is 0 Å². The van der Waals surface area contributed by atoms with E-state index in [1.807, 2.05) is 6.20 Å². The van der Waals surface area contributed by atoms with E-state index in [4.69, 9.17) is 5.73 Å². The van der Waals surface area contributed by atoms with E-state index in [1.54, 1.807) is 0 Å². The summed E-state index contributed by atoms with van der Waals surface area (Å²) in [5.41, 5.74) is 6.87. The molecule has 3 nitrogen and oxygen atoms in total. The quantitative estimate of drug-likeness (QED) is 0.872. The number of fused-ring (bicyclic) bond motifs is 1. The van der Waals surface area contributed by atoms with E-state index in [9.17, 15) is 0 Å². The number of hydrogen-bond acceptors (Lipinski definition) is 3. The molecule has 2 aromatic rings. The van der Waals surface area contributed by atoms with Gasteiger partial charge in [0.15, 0.2) is 0 Å². The fourth-order valence-corrected chi connectivity index (χ4v) is 2.50. The highest BCUT2D eigenvalue weighted by Gasteiger charge is 2.28. The third-order valence-electron chi connectivity index (χ3n) is 3.59. The van der Waals surface area contributed by atoms with Crippen LogP contribution in [0.2, 0.25) is 0 Å². The maximum absolute atomic E-state index is 5.70. The topological polar surface area (TPSA) is 42.1 Å². The SMILES string of the molecule is NCCN(Cc1nccc2ccccc12)C1CC1. The smallest absolute Gasteiger partial charge is 0.0622 e. The molecule has 1 saturated carbocycles. The second-order valence-corrected chi connectivity index (χ2v) is 4.97. The fourth-order valence-electron chi connectivity index (χ4n) is 2.50. The average Bonchev–Trinajstić information content (AvgIpc) is 3.23. The number of benzene rings is 1. The summed E-state index contributed by atoms with van der Waals surface area (Å²) in [4.78, 5) is 7.02. The molecular weight excluding hydrogens is 222 g/mol. The van der Waals surface area contributed by atoms with Crippen LogP contribution < -0.4 is 5.73 Å². The van der Waals surface area contributed by atoms with Gasteiger partial charge in [0.25, 0.3) is 0 Å². The van der Waals surface area contributed by atoms with Crippen LogP contribution in [-0.2, 0) is 6.54 Å². The minimum atomic E-state index is 0.723.